The van der Waals surface area contributed by atoms with Gasteiger partial charge in [-0.3, -0.25) is 4.79 Å². The van der Waals surface area contributed by atoms with E-state index < -0.39 is 5.97 Å². The number of aromatic carboxylic acids is 1. The number of carbonyl (C=O) groups excluding carboxylic acids is 1. The van der Waals surface area contributed by atoms with E-state index in [9.17, 15) is 14.7 Å². The van der Waals surface area contributed by atoms with Gasteiger partial charge in [-0.2, -0.15) is 0 Å². The fraction of sp³-hybridized carbons (Fsp3) is 0.222. The number of carbonyl (C=O) groups is 2. The SMILES string of the molecule is CC(C)(C)c1ccc(C(=O)c2ccc(Cl)cc2)c(C(=O)O)c1. The molecule has 2 aromatic carbocycles. The van der Waals surface area contributed by atoms with Crippen LogP contribution in [0.2, 0.25) is 5.02 Å². The molecule has 2 aromatic rings. The molecule has 0 aliphatic heterocycles. The van der Waals surface area contributed by atoms with Crippen molar-refractivity contribution in [1.82, 2.24) is 0 Å². The molecule has 0 aliphatic rings. The molecule has 0 unspecified atom stereocenters. The van der Waals surface area contributed by atoms with Gasteiger partial charge in [-0.15, -0.1) is 0 Å². The van der Waals surface area contributed by atoms with Gasteiger partial charge in [0.1, 0.15) is 0 Å². The number of benzene rings is 2. The maximum absolute atomic E-state index is 12.5. The Morgan fingerprint density at radius 2 is 1.55 bits per heavy atom. The Morgan fingerprint density at radius 1 is 0.955 bits per heavy atom. The van der Waals surface area contributed by atoms with Crippen molar-refractivity contribution in [3.63, 3.8) is 0 Å². The Labute approximate surface area is 134 Å². The average Bonchev–Trinajstić information content (AvgIpc) is 2.45. The van der Waals surface area contributed by atoms with Crippen molar-refractivity contribution in [2.24, 2.45) is 0 Å². The van der Waals surface area contributed by atoms with E-state index in [1.54, 1.807) is 42.5 Å². The zero-order valence-corrected chi connectivity index (χ0v) is 13.4. The van der Waals surface area contributed by atoms with Gasteiger partial charge in [0.15, 0.2) is 5.78 Å². The van der Waals surface area contributed by atoms with Crippen LogP contribution in [0.4, 0.5) is 0 Å². The molecule has 0 saturated heterocycles. The quantitative estimate of drug-likeness (QED) is 0.844. The Hall–Kier alpha value is -2.13. The van der Waals surface area contributed by atoms with Crippen molar-refractivity contribution in [3.8, 4) is 0 Å². The summed E-state index contributed by atoms with van der Waals surface area (Å²) < 4.78 is 0. The standard InChI is InChI=1S/C18H17ClO3/c1-18(2,3)12-6-9-14(15(10-12)17(21)22)16(20)11-4-7-13(19)8-5-11/h4-10H,1-3H3,(H,21,22). The molecule has 1 N–H and O–H groups in total. The van der Waals surface area contributed by atoms with Crippen LogP contribution in [-0.4, -0.2) is 16.9 Å². The third-order valence-electron chi connectivity index (χ3n) is 3.47. The van der Waals surface area contributed by atoms with Crippen LogP contribution in [0.1, 0.15) is 52.6 Å². The van der Waals surface area contributed by atoms with E-state index in [2.05, 4.69) is 0 Å². The van der Waals surface area contributed by atoms with Crippen LogP contribution >= 0.6 is 11.6 Å². The van der Waals surface area contributed by atoms with Gasteiger partial charge in [-0.1, -0.05) is 38.4 Å². The van der Waals surface area contributed by atoms with Crippen molar-refractivity contribution in [1.29, 1.82) is 0 Å². The fourth-order valence-electron chi connectivity index (χ4n) is 2.14. The van der Waals surface area contributed by atoms with Crippen LogP contribution in [0.25, 0.3) is 0 Å². The van der Waals surface area contributed by atoms with E-state index >= 15 is 0 Å². The lowest BCUT2D eigenvalue weighted by molar-refractivity contribution is 0.0692. The van der Waals surface area contributed by atoms with Crippen LogP contribution in [0.15, 0.2) is 42.5 Å². The highest BCUT2D eigenvalue weighted by molar-refractivity contribution is 6.30. The zero-order chi connectivity index (χ0) is 16.5. The summed E-state index contributed by atoms with van der Waals surface area (Å²) in [5.74, 6) is -1.43. The summed E-state index contributed by atoms with van der Waals surface area (Å²) in [6.07, 6.45) is 0. The van der Waals surface area contributed by atoms with Crippen LogP contribution in [-0.2, 0) is 5.41 Å². The van der Waals surface area contributed by atoms with Gasteiger partial charge in [0, 0.05) is 16.1 Å². The van der Waals surface area contributed by atoms with Gasteiger partial charge in [0.25, 0.3) is 0 Å². The van der Waals surface area contributed by atoms with E-state index in [1.807, 2.05) is 20.8 Å². The number of carboxylic acid groups (broad SMARTS) is 1. The lowest BCUT2D eigenvalue weighted by atomic mass is 9.84. The molecule has 0 fully saturated rings. The molecule has 0 saturated carbocycles. The Balaban J connectivity index is 2.53. The van der Waals surface area contributed by atoms with Gasteiger partial charge in [-0.25, -0.2) is 4.79 Å². The lowest BCUT2D eigenvalue weighted by Crippen LogP contribution is -2.15. The predicted octanol–water partition coefficient (Wildman–Crippen LogP) is 4.57. The van der Waals surface area contributed by atoms with Crippen molar-refractivity contribution in [2.45, 2.75) is 26.2 Å². The van der Waals surface area contributed by atoms with Gasteiger partial charge in [0.05, 0.1) is 5.56 Å². The molecule has 22 heavy (non-hydrogen) atoms. The van der Waals surface area contributed by atoms with Crippen LogP contribution in [0.5, 0.6) is 0 Å². The normalized spacial score (nSPS) is 11.3. The number of halogens is 1. The zero-order valence-electron chi connectivity index (χ0n) is 12.7. The van der Waals surface area contributed by atoms with Crippen LogP contribution in [0, 0.1) is 0 Å². The summed E-state index contributed by atoms with van der Waals surface area (Å²) >= 11 is 5.81. The molecule has 2 rings (SSSR count). The number of carboxylic acids is 1. The van der Waals surface area contributed by atoms with E-state index in [1.165, 1.54) is 0 Å². The van der Waals surface area contributed by atoms with Crippen LogP contribution < -0.4 is 0 Å². The van der Waals surface area contributed by atoms with E-state index in [-0.39, 0.29) is 22.3 Å². The maximum Gasteiger partial charge on any atom is 0.336 e. The first-order valence-electron chi connectivity index (χ1n) is 6.88. The molecule has 0 radical (unpaired) electrons. The van der Waals surface area contributed by atoms with Crippen molar-refractivity contribution < 1.29 is 14.7 Å². The molecule has 0 spiro atoms. The topological polar surface area (TPSA) is 54.4 Å². The summed E-state index contributed by atoms with van der Waals surface area (Å²) in [4.78, 5) is 24.1. The molecule has 114 valence electrons. The largest absolute Gasteiger partial charge is 0.478 e. The minimum absolute atomic E-state index is 0.0207. The Kier molecular flexibility index (Phi) is 4.38. The second kappa shape index (κ2) is 5.93. The molecule has 0 bridgehead atoms. The van der Waals surface area contributed by atoms with E-state index in [0.29, 0.717) is 10.6 Å². The van der Waals surface area contributed by atoms with Crippen molar-refractivity contribution >= 4 is 23.4 Å². The summed E-state index contributed by atoms with van der Waals surface area (Å²) in [5.41, 5.74) is 1.30. The second-order valence-electron chi connectivity index (χ2n) is 6.15. The van der Waals surface area contributed by atoms with E-state index in [0.717, 1.165) is 5.56 Å². The third-order valence-corrected chi connectivity index (χ3v) is 3.72. The van der Waals surface area contributed by atoms with Gasteiger partial charge in [0.2, 0.25) is 0 Å². The Morgan fingerprint density at radius 3 is 2.05 bits per heavy atom. The summed E-state index contributed by atoms with van der Waals surface area (Å²) in [7, 11) is 0. The summed E-state index contributed by atoms with van der Waals surface area (Å²) in [5, 5.41) is 9.95. The molecule has 0 heterocycles. The average molecular weight is 317 g/mol. The van der Waals surface area contributed by atoms with E-state index in [4.69, 9.17) is 11.6 Å². The van der Waals surface area contributed by atoms with Gasteiger partial charge >= 0.3 is 5.97 Å². The maximum atomic E-state index is 12.5. The predicted molar refractivity (Wildman–Crippen MR) is 87.0 cm³/mol. The summed E-state index contributed by atoms with van der Waals surface area (Å²) in [6, 6.07) is 11.4. The van der Waals surface area contributed by atoms with Crippen molar-refractivity contribution in [3.05, 3.63) is 69.7 Å². The van der Waals surface area contributed by atoms with Gasteiger partial charge < -0.3 is 5.11 Å². The molecular weight excluding hydrogens is 300 g/mol. The molecule has 0 amide bonds. The molecule has 4 heteroatoms. The molecule has 0 aliphatic carbocycles. The fourth-order valence-corrected chi connectivity index (χ4v) is 2.27. The smallest absolute Gasteiger partial charge is 0.336 e. The number of hydrogen-bond acceptors (Lipinski definition) is 2. The third kappa shape index (κ3) is 3.37. The molecular formula is C18H17ClO3. The monoisotopic (exact) mass is 316 g/mol. The number of rotatable bonds is 3. The highest BCUT2D eigenvalue weighted by Gasteiger charge is 2.22. The first-order chi connectivity index (χ1) is 10.2. The second-order valence-corrected chi connectivity index (χ2v) is 6.59. The number of hydrogen-bond donors (Lipinski definition) is 1. The molecule has 0 atom stereocenters. The summed E-state index contributed by atoms with van der Waals surface area (Å²) in [6.45, 7) is 5.98. The van der Waals surface area contributed by atoms with Gasteiger partial charge in [-0.05, 0) is 47.4 Å². The van der Waals surface area contributed by atoms with Crippen LogP contribution in [0.3, 0.4) is 0 Å². The molecule has 0 aromatic heterocycles. The first-order valence-corrected chi connectivity index (χ1v) is 7.26. The lowest BCUT2D eigenvalue weighted by Gasteiger charge is -2.20. The Bertz CT molecular complexity index is 725. The first kappa shape index (κ1) is 16.2. The highest BCUT2D eigenvalue weighted by Crippen LogP contribution is 2.26. The van der Waals surface area contributed by atoms with Crippen molar-refractivity contribution in [2.75, 3.05) is 0 Å². The molecule has 3 nitrogen and oxygen atoms in total. The minimum atomic E-state index is -1.11. The number of ketones is 1. The highest BCUT2D eigenvalue weighted by atomic mass is 35.5. The minimum Gasteiger partial charge on any atom is -0.478 e.